The van der Waals surface area contributed by atoms with Gasteiger partial charge in [0, 0.05) is 12.8 Å². The van der Waals surface area contributed by atoms with Gasteiger partial charge in [-0.1, -0.05) is 117 Å². The summed E-state index contributed by atoms with van der Waals surface area (Å²) in [7, 11) is 0. The van der Waals surface area contributed by atoms with Crippen LogP contribution < -0.4 is 0 Å². The molecule has 0 heterocycles. The molecule has 0 saturated carbocycles. The summed E-state index contributed by atoms with van der Waals surface area (Å²) in [5, 5.41) is 0. The summed E-state index contributed by atoms with van der Waals surface area (Å²) in [5.41, 5.74) is 0. The van der Waals surface area contributed by atoms with Crippen molar-refractivity contribution in [1.82, 2.24) is 0 Å². The first-order chi connectivity index (χ1) is 11.9. The van der Waals surface area contributed by atoms with Gasteiger partial charge >= 0.3 is 0 Å². The highest BCUT2D eigenvalue weighted by Crippen LogP contribution is 2.12. The molecule has 0 amide bonds. The molecule has 0 radical (unpaired) electrons. The average molecular weight is 335 g/mol. The molecule has 0 spiro atoms. The summed E-state index contributed by atoms with van der Waals surface area (Å²) in [6, 6.07) is 0. The SMILES string of the molecule is CCCCCCCC#CCCCCCCCCCCCCCCC. The molecule has 0 N–H and O–H groups in total. The van der Waals surface area contributed by atoms with Gasteiger partial charge in [0.1, 0.15) is 0 Å². The third-order valence-electron chi connectivity index (χ3n) is 4.94. The maximum Gasteiger partial charge on any atom is 0.00886 e. The summed E-state index contributed by atoms with van der Waals surface area (Å²) in [6.07, 6.45) is 27.7. The first-order valence-corrected chi connectivity index (χ1v) is 11.4. The molecule has 0 unspecified atom stereocenters. The lowest BCUT2D eigenvalue weighted by atomic mass is 10.0. The molecule has 24 heavy (non-hydrogen) atoms. The van der Waals surface area contributed by atoms with E-state index in [0.717, 1.165) is 12.8 Å². The zero-order chi connectivity index (χ0) is 17.6. The largest absolute Gasteiger partial charge is 0.103 e. The maximum atomic E-state index is 3.37. The van der Waals surface area contributed by atoms with Gasteiger partial charge in [0.05, 0.1) is 0 Å². The van der Waals surface area contributed by atoms with Gasteiger partial charge in [0.2, 0.25) is 0 Å². The van der Waals surface area contributed by atoms with E-state index in [9.17, 15) is 0 Å². The van der Waals surface area contributed by atoms with Crippen LogP contribution in [0.25, 0.3) is 0 Å². The van der Waals surface area contributed by atoms with Crippen LogP contribution in [0.1, 0.15) is 142 Å². The third kappa shape index (κ3) is 21.6. The van der Waals surface area contributed by atoms with Crippen molar-refractivity contribution in [3.05, 3.63) is 0 Å². The monoisotopic (exact) mass is 334 g/mol. The van der Waals surface area contributed by atoms with E-state index in [1.807, 2.05) is 0 Å². The Morgan fingerprint density at radius 2 is 0.583 bits per heavy atom. The summed E-state index contributed by atoms with van der Waals surface area (Å²) in [5.74, 6) is 6.72. The second kappa shape index (κ2) is 22.6. The molecule has 0 bridgehead atoms. The molecule has 0 saturated heterocycles. The van der Waals surface area contributed by atoms with Crippen LogP contribution in [0.2, 0.25) is 0 Å². The number of rotatable bonds is 18. The van der Waals surface area contributed by atoms with Crippen LogP contribution in [0, 0.1) is 11.8 Å². The Bertz CT molecular complexity index is 267. The minimum absolute atomic E-state index is 1.13. The van der Waals surface area contributed by atoms with E-state index in [-0.39, 0.29) is 0 Å². The van der Waals surface area contributed by atoms with Crippen molar-refractivity contribution in [2.75, 3.05) is 0 Å². The van der Waals surface area contributed by atoms with Gasteiger partial charge in [0.25, 0.3) is 0 Å². The molecule has 0 fully saturated rings. The van der Waals surface area contributed by atoms with Crippen molar-refractivity contribution >= 4 is 0 Å². The fourth-order valence-electron chi connectivity index (χ4n) is 3.22. The molecule has 142 valence electrons. The standard InChI is InChI=1S/C24H46/c1-3-5-7-9-11-13-15-17-19-21-23-24-22-20-18-16-14-12-10-8-6-4-2/h3-15,17,19-24H2,1-2H3. The Balaban J connectivity index is 3.05. The molecule has 0 aromatic carbocycles. The Kier molecular flexibility index (Phi) is 22.1. The van der Waals surface area contributed by atoms with Crippen molar-refractivity contribution in [3.63, 3.8) is 0 Å². The fourth-order valence-corrected chi connectivity index (χ4v) is 3.22. The van der Waals surface area contributed by atoms with E-state index < -0.39 is 0 Å². The second-order valence-corrected chi connectivity index (χ2v) is 7.51. The van der Waals surface area contributed by atoms with Gasteiger partial charge in [-0.25, -0.2) is 0 Å². The van der Waals surface area contributed by atoms with E-state index in [1.54, 1.807) is 0 Å². The Morgan fingerprint density at radius 1 is 0.333 bits per heavy atom. The number of unbranched alkanes of at least 4 members (excludes halogenated alkanes) is 18. The minimum Gasteiger partial charge on any atom is -0.103 e. The molecule has 0 nitrogen and oxygen atoms in total. The summed E-state index contributed by atoms with van der Waals surface area (Å²) < 4.78 is 0. The predicted octanol–water partition coefficient (Wildman–Crippen LogP) is 8.83. The average Bonchev–Trinajstić information content (AvgIpc) is 2.60. The second-order valence-electron chi connectivity index (χ2n) is 7.51. The van der Waals surface area contributed by atoms with Gasteiger partial charge in [-0.05, 0) is 12.8 Å². The lowest BCUT2D eigenvalue weighted by molar-refractivity contribution is 0.540. The van der Waals surface area contributed by atoms with Crippen LogP contribution >= 0.6 is 0 Å². The topological polar surface area (TPSA) is 0 Å². The molecule has 0 aliphatic heterocycles. The van der Waals surface area contributed by atoms with Crippen molar-refractivity contribution in [1.29, 1.82) is 0 Å². The van der Waals surface area contributed by atoms with Gasteiger partial charge in [-0.3, -0.25) is 0 Å². The Labute approximate surface area is 154 Å². The van der Waals surface area contributed by atoms with E-state index in [1.165, 1.54) is 116 Å². The lowest BCUT2D eigenvalue weighted by Crippen LogP contribution is -1.82. The van der Waals surface area contributed by atoms with Crippen molar-refractivity contribution in [2.24, 2.45) is 0 Å². The van der Waals surface area contributed by atoms with Crippen LogP contribution in [0.15, 0.2) is 0 Å². The zero-order valence-electron chi connectivity index (χ0n) is 17.1. The highest BCUT2D eigenvalue weighted by atomic mass is 14.0. The van der Waals surface area contributed by atoms with Crippen molar-refractivity contribution in [3.8, 4) is 11.8 Å². The normalized spacial score (nSPS) is 10.6. The lowest BCUT2D eigenvalue weighted by Gasteiger charge is -2.02. The molecule has 0 rings (SSSR count). The van der Waals surface area contributed by atoms with Crippen LogP contribution in [0.3, 0.4) is 0 Å². The van der Waals surface area contributed by atoms with Crippen molar-refractivity contribution in [2.45, 2.75) is 142 Å². The smallest absolute Gasteiger partial charge is 0.00886 e. The van der Waals surface area contributed by atoms with E-state index in [4.69, 9.17) is 0 Å². The first-order valence-electron chi connectivity index (χ1n) is 11.4. The number of hydrogen-bond acceptors (Lipinski definition) is 0. The highest BCUT2D eigenvalue weighted by Gasteiger charge is 1.93. The molecular formula is C24H46. The molecule has 0 aromatic rings. The minimum atomic E-state index is 1.13. The quantitative estimate of drug-likeness (QED) is 0.173. The van der Waals surface area contributed by atoms with Crippen molar-refractivity contribution < 1.29 is 0 Å². The van der Waals surface area contributed by atoms with Gasteiger partial charge in [0.15, 0.2) is 0 Å². The molecule has 0 atom stereocenters. The molecule has 0 aromatic heterocycles. The molecule has 0 heteroatoms. The van der Waals surface area contributed by atoms with E-state index in [2.05, 4.69) is 25.7 Å². The van der Waals surface area contributed by atoms with Gasteiger partial charge < -0.3 is 0 Å². The van der Waals surface area contributed by atoms with Gasteiger partial charge in [-0.15, -0.1) is 11.8 Å². The Morgan fingerprint density at radius 3 is 0.875 bits per heavy atom. The van der Waals surface area contributed by atoms with Gasteiger partial charge in [-0.2, -0.15) is 0 Å². The Hall–Kier alpha value is -0.440. The fraction of sp³-hybridized carbons (Fsp3) is 0.917. The van der Waals surface area contributed by atoms with Crippen LogP contribution in [0.4, 0.5) is 0 Å². The first kappa shape index (κ1) is 23.6. The van der Waals surface area contributed by atoms with E-state index in [0.29, 0.717) is 0 Å². The summed E-state index contributed by atoms with van der Waals surface area (Å²) in [4.78, 5) is 0. The summed E-state index contributed by atoms with van der Waals surface area (Å²) >= 11 is 0. The highest BCUT2D eigenvalue weighted by molar-refractivity contribution is 4.98. The van der Waals surface area contributed by atoms with Crippen LogP contribution in [-0.4, -0.2) is 0 Å². The van der Waals surface area contributed by atoms with Crippen LogP contribution in [-0.2, 0) is 0 Å². The molecular weight excluding hydrogens is 288 g/mol. The van der Waals surface area contributed by atoms with E-state index >= 15 is 0 Å². The zero-order valence-corrected chi connectivity index (χ0v) is 17.1. The summed E-state index contributed by atoms with van der Waals surface area (Å²) in [6.45, 7) is 4.57. The molecule has 0 aliphatic rings. The predicted molar refractivity (Wildman–Crippen MR) is 111 cm³/mol. The molecule has 0 aliphatic carbocycles. The van der Waals surface area contributed by atoms with Crippen LogP contribution in [0.5, 0.6) is 0 Å². The third-order valence-corrected chi connectivity index (χ3v) is 4.94. The maximum absolute atomic E-state index is 3.37. The number of hydrogen-bond donors (Lipinski definition) is 0.